The van der Waals surface area contributed by atoms with Crippen molar-refractivity contribution in [2.24, 2.45) is 53.3 Å². The second-order valence-corrected chi connectivity index (χ2v) is 31.3. The van der Waals surface area contributed by atoms with Crippen LogP contribution in [-0.2, 0) is 59.4 Å². The number of pyridine rings is 1. The number of halogens is 2. The first-order valence-corrected chi connectivity index (χ1v) is 36.9. The molecule has 0 bridgehead atoms. The van der Waals surface area contributed by atoms with Gasteiger partial charge in [-0.2, -0.15) is 28.8 Å². The van der Waals surface area contributed by atoms with Crippen molar-refractivity contribution in [3.05, 3.63) is 148 Å². The van der Waals surface area contributed by atoms with Gasteiger partial charge in [0.1, 0.15) is 5.15 Å². The summed E-state index contributed by atoms with van der Waals surface area (Å²) in [5, 5.41) is 32.0. The standard InChI is InChI=1S/C25H28ClN3O2.C25H30N4O2.C24H27BrN4O2.3CO2/c1-15-18-12-22-25(10-11-28(22)14-16(18)6-8-21(15)30)19-4-2-3-5-20(19)29(24(25)31)17-7-9-23(26)27-13-17;1-15-12-26-13-23(27-15)29-20-6-4-3-5-19(20)25(24(29)31)9-10-28-14-17-7-8-21(30)16(2)18(17)11-22(25)28;1-14-17-10-21-24(8-9-28(21)13-15(17)6-7-20(14)30)18-4-2-3-5-19(18)29(22(24)31)23-26-11-16(25)12-27-23;3*2-1-3/h2-5,7,9,13,15-16,18,21-22,30H,6,8,10-12,14H2,1H3;3-6,12-13,16-18,21-22,30H,7-11,14H2,1-2H3;2-5,11-12,14-15,17,20-21,30H,6-10,13H2,1H3;;;/t15-,16+,18-,21+,22+,25+;16-,17+,18-,21+,22+,25+;14-,15+,17-,20+,21+,24+;;;/m111.../s1. The highest BCUT2D eigenvalue weighted by atomic mass is 79.9. The van der Waals surface area contributed by atoms with Gasteiger partial charge in [0.2, 0.25) is 23.7 Å². The zero-order valence-corrected chi connectivity index (χ0v) is 59.9. The average Bonchev–Trinajstić information content (AvgIpc) is 1.55. The minimum Gasteiger partial charge on any atom is -0.393 e. The molecule has 3 aromatic heterocycles. The van der Waals surface area contributed by atoms with Gasteiger partial charge in [0.05, 0.1) is 79.9 Å². The van der Waals surface area contributed by atoms with Gasteiger partial charge in [-0.1, -0.05) is 87.0 Å². The van der Waals surface area contributed by atoms with E-state index in [1.54, 1.807) is 42.0 Å². The lowest BCUT2D eigenvalue weighted by Crippen LogP contribution is -2.56. The normalized spacial score (nSPS) is 34.0. The van der Waals surface area contributed by atoms with Gasteiger partial charge in [-0.15, -0.1) is 0 Å². The van der Waals surface area contributed by atoms with Crippen molar-refractivity contribution in [2.75, 3.05) is 54.0 Å². The van der Waals surface area contributed by atoms with Gasteiger partial charge in [0, 0.05) is 56.4 Å². The highest BCUT2D eigenvalue weighted by Crippen LogP contribution is 2.61. The number of aliphatic hydroxyl groups is 3. The Labute approximate surface area is 605 Å². The van der Waals surface area contributed by atoms with E-state index in [1.165, 1.54) is 0 Å². The number of nitrogens with zero attached hydrogens (tertiary/aromatic N) is 11. The largest absolute Gasteiger partial charge is 0.393 e. The molecule has 18 atom stereocenters. The van der Waals surface area contributed by atoms with Crippen molar-refractivity contribution >= 4 is 98.2 Å². The number of para-hydroxylation sites is 3. The molecular weight excluding hydrogens is 1390 g/mol. The summed E-state index contributed by atoms with van der Waals surface area (Å²) in [7, 11) is 0. The van der Waals surface area contributed by atoms with Crippen molar-refractivity contribution in [1.29, 1.82) is 0 Å². The van der Waals surface area contributed by atoms with E-state index in [1.807, 2.05) is 59.2 Å². The van der Waals surface area contributed by atoms with E-state index in [0.717, 1.165) is 166 Å². The maximum atomic E-state index is 14.2. The molecule has 9 aliphatic heterocycles. The van der Waals surface area contributed by atoms with E-state index < -0.39 is 16.2 Å². The molecule has 102 heavy (non-hydrogen) atoms. The molecule has 12 aliphatic rings. The first kappa shape index (κ1) is 72.4. The molecule has 3 N–H and O–H groups in total. The van der Waals surface area contributed by atoms with Gasteiger partial charge in [-0.3, -0.25) is 43.9 Å². The lowest BCUT2D eigenvalue weighted by molar-refractivity contribution is -0.193. The van der Waals surface area contributed by atoms with Crippen LogP contribution < -0.4 is 14.7 Å². The molecule has 6 saturated heterocycles. The first-order chi connectivity index (χ1) is 49.3. The summed E-state index contributed by atoms with van der Waals surface area (Å²) in [6.07, 6.45) is 20.1. The first-order valence-electron chi connectivity index (χ1n) is 35.7. The number of aliphatic hydroxyl groups excluding tert-OH is 3. The topological polar surface area (TPSA) is 298 Å². The third-order valence-corrected chi connectivity index (χ3v) is 26.5. The van der Waals surface area contributed by atoms with Crippen LogP contribution in [0, 0.1) is 60.2 Å². The zero-order valence-electron chi connectivity index (χ0n) is 57.5. The number of hydrogen-bond acceptors (Lipinski definition) is 20. The van der Waals surface area contributed by atoms with E-state index in [-0.39, 0.29) is 78.5 Å². The maximum Gasteiger partial charge on any atom is 0.373 e. The molecule has 9 fully saturated rings. The fourth-order valence-corrected chi connectivity index (χ4v) is 21.5. The number of aromatic nitrogens is 5. The van der Waals surface area contributed by atoms with E-state index in [2.05, 4.69) is 113 Å². The van der Waals surface area contributed by atoms with Gasteiger partial charge in [-0.05, 0) is 220 Å². The number of carbonyl (C=O) groups excluding carboxylic acids is 9. The third kappa shape index (κ3) is 12.2. The highest BCUT2D eigenvalue weighted by Gasteiger charge is 2.66. The Hall–Kier alpha value is -7.95. The van der Waals surface area contributed by atoms with E-state index >= 15 is 0 Å². The third-order valence-electron chi connectivity index (χ3n) is 25.8. The Morgan fingerprint density at radius 1 is 0.480 bits per heavy atom. The predicted molar refractivity (Wildman–Crippen MR) is 375 cm³/mol. The Kier molecular flexibility index (Phi) is 21.1. The number of piperidine rings is 3. The Morgan fingerprint density at radius 2 is 0.853 bits per heavy atom. The molecule has 0 radical (unpaired) electrons. The van der Waals surface area contributed by atoms with Gasteiger partial charge in [-0.25, -0.2) is 24.8 Å². The number of carbonyl (C=O) groups is 3. The van der Waals surface area contributed by atoms with Gasteiger partial charge >= 0.3 is 18.5 Å². The number of rotatable bonds is 3. The molecular formula is C77H85BrClN11O12. The van der Waals surface area contributed by atoms with Crippen LogP contribution in [0.3, 0.4) is 0 Å². The molecule has 12 heterocycles. The number of fused-ring (bicyclic) bond motifs is 15. The van der Waals surface area contributed by atoms with E-state index in [9.17, 15) is 29.7 Å². The molecule has 3 aliphatic carbocycles. The summed E-state index contributed by atoms with van der Waals surface area (Å²) >= 11 is 9.41. The van der Waals surface area contributed by atoms with Gasteiger partial charge < -0.3 is 15.3 Å². The molecule has 3 aromatic carbocycles. The fraction of sp³-hybridized carbons (Fsp3) is 0.519. The number of hydrogen-bond donors (Lipinski definition) is 3. The van der Waals surface area contributed by atoms with Crippen molar-refractivity contribution in [1.82, 2.24) is 39.6 Å². The number of anilines is 6. The van der Waals surface area contributed by atoms with Crippen LogP contribution in [0.25, 0.3) is 0 Å². The lowest BCUT2D eigenvalue weighted by Gasteiger charge is -2.50. The fourth-order valence-electron chi connectivity index (χ4n) is 21.1. The maximum absolute atomic E-state index is 14.2. The molecule has 23 nitrogen and oxygen atoms in total. The SMILES string of the molecule is C[C@@H]1[C@H]2C[C@@H]3N(CC[C@@]34C(=O)N(c3ccc(Cl)nc3)c3ccccc34)C[C@@H]2CC[C@@H]1O.C[C@@H]1[C@H]2C[C@@H]3N(CC[C@@]34C(=O)N(c3ncc(Br)cn3)c3ccccc34)C[C@@H]2CC[C@@H]1O.Cc1cncc(N2C(=O)[C@@]3(CCN4C[C@@H]5CC[C@H](O)[C@H](C)[C@H]5C[C@H]43)c3ccccc32)n1.O=C=O.O=C=O.O=C=O. The van der Waals surface area contributed by atoms with Crippen LogP contribution in [0.4, 0.5) is 34.5 Å². The van der Waals surface area contributed by atoms with Crippen molar-refractivity contribution in [3.8, 4) is 0 Å². The van der Waals surface area contributed by atoms with Gasteiger partial charge in [0.25, 0.3) is 0 Å². The minimum absolute atomic E-state index is 0.103. The summed E-state index contributed by atoms with van der Waals surface area (Å²) in [6, 6.07) is 28.8. The molecule has 18 rings (SSSR count). The second kappa shape index (κ2) is 29.7. The van der Waals surface area contributed by atoms with Crippen molar-refractivity contribution in [3.63, 3.8) is 0 Å². The summed E-state index contributed by atoms with van der Waals surface area (Å²) in [6.45, 7) is 14.5. The summed E-state index contributed by atoms with van der Waals surface area (Å²) in [4.78, 5) is 127. The Balaban J connectivity index is 0.000000129. The Morgan fingerprint density at radius 3 is 1.25 bits per heavy atom. The predicted octanol–water partition coefficient (Wildman–Crippen LogP) is 9.26. The smallest absolute Gasteiger partial charge is 0.373 e. The van der Waals surface area contributed by atoms with E-state index in [0.29, 0.717) is 64.3 Å². The van der Waals surface area contributed by atoms with Crippen LogP contribution in [0.2, 0.25) is 5.15 Å². The summed E-state index contributed by atoms with van der Waals surface area (Å²) in [5.74, 6) is 5.65. The van der Waals surface area contributed by atoms with Crippen LogP contribution in [0.5, 0.6) is 0 Å². The highest BCUT2D eigenvalue weighted by molar-refractivity contribution is 9.10. The molecule has 3 amide bonds. The molecule has 3 spiro atoms. The molecule has 0 unspecified atom stereocenters. The number of aryl methyl sites for hydroxylation is 1. The molecule has 534 valence electrons. The minimum atomic E-state index is -0.555. The Bertz CT molecular complexity index is 4030. The van der Waals surface area contributed by atoms with Gasteiger partial charge in [0.15, 0.2) is 5.82 Å². The molecule has 6 aromatic rings. The summed E-state index contributed by atoms with van der Waals surface area (Å²) in [5.41, 5.74) is 6.19. The van der Waals surface area contributed by atoms with Crippen molar-refractivity contribution < 1.29 is 58.5 Å². The quantitative estimate of drug-likeness (QED) is 0.139. The molecule has 25 heteroatoms. The monoisotopic (exact) mass is 1470 g/mol. The van der Waals surface area contributed by atoms with Crippen LogP contribution >= 0.6 is 27.5 Å². The van der Waals surface area contributed by atoms with Crippen LogP contribution in [0.1, 0.15) is 120 Å². The lowest BCUT2D eigenvalue weighted by atomic mass is 9.62. The van der Waals surface area contributed by atoms with Crippen LogP contribution in [0.15, 0.2) is 120 Å². The van der Waals surface area contributed by atoms with E-state index in [4.69, 9.17) is 40.4 Å². The number of benzene rings is 3. The molecule has 3 saturated carbocycles. The number of amides is 3. The van der Waals surface area contributed by atoms with Crippen molar-refractivity contribution in [2.45, 2.75) is 157 Å². The second-order valence-electron chi connectivity index (χ2n) is 30.0. The van der Waals surface area contributed by atoms with Crippen LogP contribution in [-0.4, -0.2) is 167 Å². The summed E-state index contributed by atoms with van der Waals surface area (Å²) < 4.78 is 0.793. The zero-order chi connectivity index (χ0) is 72.1. The average molecular weight is 1470 g/mol.